The predicted molar refractivity (Wildman–Crippen MR) is 69.9 cm³/mol. The second kappa shape index (κ2) is 5.75. The van der Waals surface area contributed by atoms with E-state index in [2.05, 4.69) is 4.98 Å². The van der Waals surface area contributed by atoms with Crippen molar-refractivity contribution >= 4 is 17.3 Å². The monoisotopic (exact) mass is 263 g/mol. The van der Waals surface area contributed by atoms with Crippen LogP contribution in [0.2, 0.25) is 0 Å². The van der Waals surface area contributed by atoms with Gasteiger partial charge in [-0.3, -0.25) is 0 Å². The van der Waals surface area contributed by atoms with Crippen molar-refractivity contribution in [2.45, 2.75) is 12.8 Å². The minimum absolute atomic E-state index is 0.0532. The van der Waals surface area contributed by atoms with Crippen LogP contribution in [0.5, 0.6) is 0 Å². The third-order valence-electron chi connectivity index (χ3n) is 2.48. The van der Waals surface area contributed by atoms with E-state index in [0.717, 1.165) is 10.4 Å². The van der Waals surface area contributed by atoms with Crippen LogP contribution in [0, 0.1) is 0 Å². The number of aromatic nitrogens is 1. The number of carboxylic acids is 1. The number of aryl methyl sites for hydroxylation is 1. The lowest BCUT2D eigenvalue weighted by atomic mass is 10.2. The van der Waals surface area contributed by atoms with E-state index < -0.39 is 5.97 Å². The Morgan fingerprint density at radius 1 is 1.28 bits per heavy atom. The third kappa shape index (κ3) is 2.75. The van der Waals surface area contributed by atoms with Crippen LogP contribution < -0.4 is 0 Å². The molecule has 0 spiro atoms. The predicted octanol–water partition coefficient (Wildman–Crippen LogP) is 2.43. The summed E-state index contributed by atoms with van der Waals surface area (Å²) in [6.07, 6.45) is 1.10. The number of benzene rings is 1. The summed E-state index contributed by atoms with van der Waals surface area (Å²) in [7, 11) is 0. The molecule has 18 heavy (non-hydrogen) atoms. The Kier molecular flexibility index (Phi) is 4.07. The summed E-state index contributed by atoms with van der Waals surface area (Å²) < 4.78 is 0. The molecule has 1 aromatic heterocycles. The van der Waals surface area contributed by atoms with Crippen LogP contribution in [-0.4, -0.2) is 27.8 Å². The number of carbonyl (C=O) groups is 1. The number of hydrogen-bond acceptors (Lipinski definition) is 4. The summed E-state index contributed by atoms with van der Waals surface area (Å²) in [4.78, 5) is 16.0. The highest BCUT2D eigenvalue weighted by Crippen LogP contribution is 2.28. The molecule has 0 saturated heterocycles. The number of aromatic carboxylic acids is 1. The molecule has 0 aliphatic rings. The quantitative estimate of drug-likeness (QED) is 0.869. The number of aliphatic hydroxyl groups is 1. The van der Waals surface area contributed by atoms with Crippen molar-refractivity contribution in [1.82, 2.24) is 4.98 Å². The fourth-order valence-corrected chi connectivity index (χ4v) is 2.73. The third-order valence-corrected chi connectivity index (χ3v) is 3.65. The maximum atomic E-state index is 11.1. The largest absolute Gasteiger partial charge is 0.476 e. The van der Waals surface area contributed by atoms with E-state index in [9.17, 15) is 4.79 Å². The van der Waals surface area contributed by atoms with E-state index in [-0.39, 0.29) is 12.3 Å². The zero-order valence-corrected chi connectivity index (χ0v) is 10.5. The number of carboxylic acid groups (broad SMARTS) is 1. The summed E-state index contributed by atoms with van der Waals surface area (Å²) in [6.45, 7) is 0.0532. The highest BCUT2D eigenvalue weighted by molar-refractivity contribution is 7.15. The van der Waals surface area contributed by atoms with Crippen LogP contribution in [0.15, 0.2) is 30.3 Å². The van der Waals surface area contributed by atoms with Gasteiger partial charge in [-0.1, -0.05) is 30.3 Å². The van der Waals surface area contributed by atoms with E-state index in [4.69, 9.17) is 10.2 Å². The topological polar surface area (TPSA) is 70.4 Å². The van der Waals surface area contributed by atoms with E-state index in [1.54, 1.807) is 0 Å². The van der Waals surface area contributed by atoms with Gasteiger partial charge in [0.05, 0.1) is 0 Å². The summed E-state index contributed by atoms with van der Waals surface area (Å²) in [6, 6.07) is 9.50. The van der Waals surface area contributed by atoms with Gasteiger partial charge in [-0.15, -0.1) is 11.3 Å². The van der Waals surface area contributed by atoms with Crippen LogP contribution in [0.4, 0.5) is 0 Å². The van der Waals surface area contributed by atoms with Crippen molar-refractivity contribution in [2.24, 2.45) is 0 Å². The second-order valence-electron chi connectivity index (χ2n) is 3.79. The smallest absolute Gasteiger partial charge is 0.355 e. The Morgan fingerprint density at radius 2 is 2.00 bits per heavy atom. The molecule has 0 saturated carbocycles. The minimum Gasteiger partial charge on any atom is -0.476 e. The summed E-state index contributed by atoms with van der Waals surface area (Å²) >= 11 is 1.38. The lowest BCUT2D eigenvalue weighted by molar-refractivity contribution is 0.0690. The molecule has 0 unspecified atom stereocenters. The average Bonchev–Trinajstić information content (AvgIpc) is 2.81. The van der Waals surface area contributed by atoms with Gasteiger partial charge in [0.2, 0.25) is 0 Å². The second-order valence-corrected chi connectivity index (χ2v) is 4.87. The Morgan fingerprint density at radius 3 is 2.61 bits per heavy atom. The Balaban J connectivity index is 2.36. The highest BCUT2D eigenvalue weighted by Gasteiger charge is 2.17. The number of nitrogens with zero attached hydrogens (tertiary/aromatic N) is 1. The van der Waals surface area contributed by atoms with Gasteiger partial charge >= 0.3 is 5.97 Å². The molecule has 4 nitrogen and oxygen atoms in total. The van der Waals surface area contributed by atoms with Gasteiger partial charge in [-0.2, -0.15) is 0 Å². The SMILES string of the molecule is O=C(O)c1nc(-c2ccccc2)sc1CCCO. The van der Waals surface area contributed by atoms with Crippen LogP contribution in [0.25, 0.3) is 10.6 Å². The lowest BCUT2D eigenvalue weighted by Crippen LogP contribution is -2.01. The number of aliphatic hydroxyl groups excluding tert-OH is 1. The molecular weight excluding hydrogens is 250 g/mol. The molecule has 2 rings (SSSR count). The first-order valence-corrected chi connectivity index (χ1v) is 6.43. The Bertz CT molecular complexity index is 536. The van der Waals surface area contributed by atoms with Crippen molar-refractivity contribution < 1.29 is 15.0 Å². The molecule has 5 heteroatoms. The van der Waals surface area contributed by atoms with Crippen LogP contribution >= 0.6 is 11.3 Å². The van der Waals surface area contributed by atoms with Gasteiger partial charge < -0.3 is 10.2 Å². The number of rotatable bonds is 5. The molecule has 2 aromatic rings. The highest BCUT2D eigenvalue weighted by atomic mass is 32.1. The van der Waals surface area contributed by atoms with Gasteiger partial charge in [0.15, 0.2) is 5.69 Å². The molecule has 0 fully saturated rings. The maximum Gasteiger partial charge on any atom is 0.355 e. The average molecular weight is 263 g/mol. The molecule has 0 atom stereocenters. The summed E-state index contributed by atoms with van der Waals surface area (Å²) in [5.41, 5.74) is 1.02. The zero-order chi connectivity index (χ0) is 13.0. The van der Waals surface area contributed by atoms with Gasteiger partial charge in [-0.25, -0.2) is 9.78 Å². The zero-order valence-electron chi connectivity index (χ0n) is 9.67. The van der Waals surface area contributed by atoms with Gasteiger partial charge in [0.25, 0.3) is 0 Å². The fraction of sp³-hybridized carbons (Fsp3) is 0.231. The Labute approximate surface area is 109 Å². The summed E-state index contributed by atoms with van der Waals surface area (Å²) in [5, 5.41) is 18.6. The van der Waals surface area contributed by atoms with Crippen LogP contribution in [0.3, 0.4) is 0 Å². The first-order valence-electron chi connectivity index (χ1n) is 5.61. The molecule has 94 valence electrons. The first kappa shape index (κ1) is 12.7. The number of hydrogen-bond donors (Lipinski definition) is 2. The normalized spacial score (nSPS) is 10.5. The standard InChI is InChI=1S/C13H13NO3S/c15-8-4-7-10-11(13(16)17)14-12(18-10)9-5-2-1-3-6-9/h1-3,5-6,15H,4,7-8H2,(H,16,17). The van der Waals surface area contributed by atoms with Crippen molar-refractivity contribution in [2.75, 3.05) is 6.61 Å². The van der Waals surface area contributed by atoms with Crippen molar-refractivity contribution in [3.8, 4) is 10.6 Å². The first-order chi connectivity index (χ1) is 8.72. The lowest BCUT2D eigenvalue weighted by Gasteiger charge is -1.95. The molecule has 0 radical (unpaired) electrons. The fourth-order valence-electron chi connectivity index (χ4n) is 1.63. The van der Waals surface area contributed by atoms with Crippen molar-refractivity contribution in [1.29, 1.82) is 0 Å². The molecule has 0 bridgehead atoms. The van der Waals surface area contributed by atoms with Gasteiger partial charge in [0.1, 0.15) is 5.01 Å². The van der Waals surface area contributed by atoms with E-state index in [1.807, 2.05) is 30.3 Å². The molecule has 0 aliphatic heterocycles. The van der Waals surface area contributed by atoms with Crippen molar-refractivity contribution in [3.63, 3.8) is 0 Å². The molecule has 1 aromatic carbocycles. The molecular formula is C13H13NO3S. The Hall–Kier alpha value is -1.72. The molecule has 0 aliphatic carbocycles. The minimum atomic E-state index is -1.01. The van der Waals surface area contributed by atoms with Crippen LogP contribution in [0.1, 0.15) is 21.8 Å². The van der Waals surface area contributed by atoms with Crippen molar-refractivity contribution in [3.05, 3.63) is 40.9 Å². The molecule has 2 N–H and O–H groups in total. The van der Waals surface area contributed by atoms with Gasteiger partial charge in [-0.05, 0) is 12.8 Å². The van der Waals surface area contributed by atoms with Crippen LogP contribution in [-0.2, 0) is 6.42 Å². The van der Waals surface area contributed by atoms with E-state index >= 15 is 0 Å². The summed E-state index contributed by atoms with van der Waals surface area (Å²) in [5.74, 6) is -1.01. The molecule has 0 amide bonds. The maximum absolute atomic E-state index is 11.1. The molecule has 1 heterocycles. The van der Waals surface area contributed by atoms with Gasteiger partial charge in [0, 0.05) is 17.0 Å². The number of thiazole rings is 1. The van der Waals surface area contributed by atoms with E-state index in [0.29, 0.717) is 17.8 Å². The van der Waals surface area contributed by atoms with E-state index in [1.165, 1.54) is 11.3 Å².